The van der Waals surface area contributed by atoms with Crippen molar-refractivity contribution in [3.05, 3.63) is 23.8 Å². The van der Waals surface area contributed by atoms with Gasteiger partial charge in [0.05, 0.1) is 11.0 Å². The van der Waals surface area contributed by atoms with Crippen molar-refractivity contribution >= 4 is 10.0 Å². The normalized spacial score (nSPS) is 20.5. The van der Waals surface area contributed by atoms with E-state index in [9.17, 15) is 8.42 Å². The molecular formula is C17H28N2O3S. The van der Waals surface area contributed by atoms with Gasteiger partial charge in [0.1, 0.15) is 5.75 Å². The summed E-state index contributed by atoms with van der Waals surface area (Å²) in [5.41, 5.74) is 0.827. The monoisotopic (exact) mass is 340 g/mol. The van der Waals surface area contributed by atoms with Crippen LogP contribution in [0.15, 0.2) is 23.1 Å². The van der Waals surface area contributed by atoms with Crippen LogP contribution in [0.2, 0.25) is 0 Å². The number of hydrogen-bond donors (Lipinski definition) is 2. The Labute approximate surface area is 139 Å². The van der Waals surface area contributed by atoms with E-state index < -0.39 is 10.0 Å². The SMILES string of the molecule is Cc1cc(S(=O)(=O)NC(C)C2CCCNC2)ccc1OC(C)C. The molecule has 0 aromatic heterocycles. The number of aryl methyl sites for hydroxylation is 1. The minimum absolute atomic E-state index is 0.0631. The summed E-state index contributed by atoms with van der Waals surface area (Å²) in [6, 6.07) is 4.93. The van der Waals surface area contributed by atoms with Crippen LogP contribution in [0.4, 0.5) is 0 Å². The zero-order valence-electron chi connectivity index (χ0n) is 14.4. The first kappa shape index (κ1) is 18.2. The van der Waals surface area contributed by atoms with Crippen LogP contribution >= 0.6 is 0 Å². The topological polar surface area (TPSA) is 67.4 Å². The smallest absolute Gasteiger partial charge is 0.240 e. The number of benzene rings is 1. The molecule has 1 aromatic carbocycles. The molecule has 1 fully saturated rings. The summed E-state index contributed by atoms with van der Waals surface area (Å²) in [4.78, 5) is 0.293. The Hall–Kier alpha value is -1.11. The average Bonchev–Trinajstić information content (AvgIpc) is 2.49. The molecule has 1 aromatic rings. The van der Waals surface area contributed by atoms with Gasteiger partial charge in [0, 0.05) is 6.04 Å². The lowest BCUT2D eigenvalue weighted by Gasteiger charge is -2.28. The van der Waals surface area contributed by atoms with E-state index in [2.05, 4.69) is 10.0 Å². The van der Waals surface area contributed by atoms with E-state index in [0.717, 1.165) is 37.2 Å². The molecule has 2 atom stereocenters. The Morgan fingerprint density at radius 3 is 2.61 bits per heavy atom. The van der Waals surface area contributed by atoms with E-state index in [1.54, 1.807) is 18.2 Å². The maximum absolute atomic E-state index is 12.6. The number of nitrogens with one attached hydrogen (secondary N) is 2. The molecule has 0 radical (unpaired) electrons. The van der Waals surface area contributed by atoms with Crippen molar-refractivity contribution in [3.63, 3.8) is 0 Å². The molecule has 5 nitrogen and oxygen atoms in total. The summed E-state index contributed by atoms with van der Waals surface area (Å²) in [6.45, 7) is 9.59. The predicted octanol–water partition coefficient (Wildman–Crippen LogP) is 2.45. The van der Waals surface area contributed by atoms with E-state index in [1.807, 2.05) is 27.7 Å². The molecule has 6 heteroatoms. The van der Waals surface area contributed by atoms with Crippen molar-refractivity contribution < 1.29 is 13.2 Å². The third-order valence-electron chi connectivity index (χ3n) is 4.20. The van der Waals surface area contributed by atoms with E-state index >= 15 is 0 Å². The van der Waals surface area contributed by atoms with Gasteiger partial charge < -0.3 is 10.1 Å². The van der Waals surface area contributed by atoms with Gasteiger partial charge >= 0.3 is 0 Å². The van der Waals surface area contributed by atoms with Gasteiger partial charge in [-0.25, -0.2) is 13.1 Å². The Morgan fingerprint density at radius 2 is 2.04 bits per heavy atom. The highest BCUT2D eigenvalue weighted by Crippen LogP contribution is 2.24. The second-order valence-corrected chi connectivity index (χ2v) is 8.32. The summed E-state index contributed by atoms with van der Waals surface area (Å²) >= 11 is 0. The van der Waals surface area contributed by atoms with Crippen LogP contribution in [0.3, 0.4) is 0 Å². The van der Waals surface area contributed by atoms with E-state index in [1.165, 1.54) is 0 Å². The van der Waals surface area contributed by atoms with Crippen LogP contribution in [-0.2, 0) is 10.0 Å². The largest absolute Gasteiger partial charge is 0.491 e. The van der Waals surface area contributed by atoms with E-state index in [0.29, 0.717) is 10.8 Å². The first-order chi connectivity index (χ1) is 10.8. The molecule has 1 saturated heterocycles. The standard InChI is InChI=1S/C17H28N2O3S/c1-12(2)22-17-8-7-16(10-13(17)3)23(20,21)19-14(4)15-6-5-9-18-11-15/h7-8,10,12,14-15,18-19H,5-6,9,11H2,1-4H3. The first-order valence-electron chi connectivity index (χ1n) is 8.30. The van der Waals surface area contributed by atoms with Gasteiger partial charge in [-0.1, -0.05) is 0 Å². The van der Waals surface area contributed by atoms with E-state index in [4.69, 9.17) is 4.74 Å². The summed E-state index contributed by atoms with van der Waals surface area (Å²) < 4.78 is 33.7. The van der Waals surface area contributed by atoms with Crippen LogP contribution in [0.5, 0.6) is 5.75 Å². The van der Waals surface area contributed by atoms with Gasteiger partial charge in [-0.3, -0.25) is 0 Å². The Balaban J connectivity index is 2.11. The maximum atomic E-state index is 12.6. The minimum atomic E-state index is -3.51. The molecule has 0 amide bonds. The van der Waals surface area contributed by atoms with Crippen LogP contribution < -0.4 is 14.8 Å². The van der Waals surface area contributed by atoms with Crippen molar-refractivity contribution in [2.45, 2.75) is 57.6 Å². The average molecular weight is 340 g/mol. The van der Waals surface area contributed by atoms with Crippen LogP contribution in [0, 0.1) is 12.8 Å². The predicted molar refractivity (Wildman–Crippen MR) is 92.3 cm³/mol. The number of hydrogen-bond acceptors (Lipinski definition) is 4. The zero-order valence-corrected chi connectivity index (χ0v) is 15.2. The van der Waals surface area contributed by atoms with Gasteiger partial charge in [-0.2, -0.15) is 0 Å². The fourth-order valence-electron chi connectivity index (χ4n) is 2.89. The molecule has 2 unspecified atom stereocenters. The molecule has 0 saturated carbocycles. The fourth-order valence-corrected chi connectivity index (χ4v) is 4.29. The highest BCUT2D eigenvalue weighted by Gasteiger charge is 2.25. The molecule has 2 N–H and O–H groups in total. The zero-order chi connectivity index (χ0) is 17.0. The van der Waals surface area contributed by atoms with Crippen LogP contribution in [0.1, 0.15) is 39.2 Å². The molecule has 0 aliphatic carbocycles. The first-order valence-corrected chi connectivity index (χ1v) is 9.78. The molecule has 1 aliphatic rings. The van der Waals surface area contributed by atoms with Crippen molar-refractivity contribution in [2.75, 3.05) is 13.1 Å². The highest BCUT2D eigenvalue weighted by molar-refractivity contribution is 7.89. The maximum Gasteiger partial charge on any atom is 0.240 e. The lowest BCUT2D eigenvalue weighted by atomic mass is 9.94. The summed E-state index contributed by atoms with van der Waals surface area (Å²) in [5, 5.41) is 3.32. The Kier molecular flexibility index (Phi) is 6.06. The fraction of sp³-hybridized carbons (Fsp3) is 0.647. The minimum Gasteiger partial charge on any atom is -0.491 e. The van der Waals surface area contributed by atoms with Crippen LogP contribution in [0.25, 0.3) is 0 Å². The number of piperidine rings is 1. The van der Waals surface area contributed by atoms with Gasteiger partial charge in [-0.05, 0) is 83.3 Å². The number of ether oxygens (including phenoxy) is 1. The van der Waals surface area contributed by atoms with Crippen molar-refractivity contribution in [3.8, 4) is 5.75 Å². The molecule has 2 rings (SSSR count). The summed E-state index contributed by atoms with van der Waals surface area (Å²) in [5.74, 6) is 1.06. The Bertz CT molecular complexity index is 623. The third-order valence-corrected chi connectivity index (χ3v) is 5.76. The van der Waals surface area contributed by atoms with Gasteiger partial charge in [0.15, 0.2) is 0 Å². The highest BCUT2D eigenvalue weighted by atomic mass is 32.2. The quantitative estimate of drug-likeness (QED) is 0.835. The lowest BCUT2D eigenvalue weighted by molar-refractivity contribution is 0.240. The Morgan fingerprint density at radius 1 is 1.30 bits per heavy atom. The van der Waals surface area contributed by atoms with Crippen molar-refractivity contribution in [1.82, 2.24) is 10.0 Å². The van der Waals surface area contributed by atoms with E-state index in [-0.39, 0.29) is 12.1 Å². The van der Waals surface area contributed by atoms with Gasteiger partial charge in [0.2, 0.25) is 10.0 Å². The number of rotatable bonds is 6. The molecule has 1 aliphatic heterocycles. The second-order valence-electron chi connectivity index (χ2n) is 6.61. The lowest BCUT2D eigenvalue weighted by Crippen LogP contribution is -2.44. The van der Waals surface area contributed by atoms with Crippen LogP contribution in [-0.4, -0.2) is 33.7 Å². The second kappa shape index (κ2) is 7.64. The third kappa shape index (κ3) is 4.93. The van der Waals surface area contributed by atoms with Crippen molar-refractivity contribution in [2.24, 2.45) is 5.92 Å². The summed E-state index contributed by atoms with van der Waals surface area (Å²) in [7, 11) is -3.51. The number of sulfonamides is 1. The van der Waals surface area contributed by atoms with Crippen molar-refractivity contribution in [1.29, 1.82) is 0 Å². The molecular weight excluding hydrogens is 312 g/mol. The molecule has 1 heterocycles. The van der Waals surface area contributed by atoms with Gasteiger partial charge in [0.25, 0.3) is 0 Å². The molecule has 23 heavy (non-hydrogen) atoms. The molecule has 0 spiro atoms. The van der Waals surface area contributed by atoms with Gasteiger partial charge in [-0.15, -0.1) is 0 Å². The molecule has 130 valence electrons. The summed E-state index contributed by atoms with van der Waals surface area (Å²) in [6.07, 6.45) is 2.21. The molecule has 0 bridgehead atoms.